The number of esters is 1. The quantitative estimate of drug-likeness (QED) is 0.0904. The molecule has 3 aromatic rings. The number of rotatable bonds is 17. The summed E-state index contributed by atoms with van der Waals surface area (Å²) in [7, 11) is 0. The molecule has 3 fully saturated rings. The number of aliphatic hydroxyl groups excluding tert-OH is 1. The highest BCUT2D eigenvalue weighted by Gasteiger charge is 2.77. The number of hydrogen-bond acceptors (Lipinski definition) is 9. The summed E-state index contributed by atoms with van der Waals surface area (Å²) < 4.78 is 14.6. The Hall–Kier alpha value is -4.40. The largest absolute Gasteiger partial charge is 0.455 e. The van der Waals surface area contributed by atoms with E-state index in [2.05, 4.69) is 44.7 Å². The number of nitrogens with one attached hydrogen (secondary N) is 1. The zero-order valence-corrected chi connectivity index (χ0v) is 30.8. The Morgan fingerprint density at radius 1 is 1.15 bits per heavy atom. The van der Waals surface area contributed by atoms with Gasteiger partial charge in [-0.05, 0) is 50.3 Å². The normalized spacial score (nSPS) is 25.8. The van der Waals surface area contributed by atoms with Crippen LogP contribution in [-0.2, 0) is 35.3 Å². The molecule has 0 radical (unpaired) electrons. The van der Waals surface area contributed by atoms with Gasteiger partial charge in [0, 0.05) is 30.9 Å². The first-order chi connectivity index (χ1) is 25.1. The van der Waals surface area contributed by atoms with Gasteiger partial charge in [-0.1, -0.05) is 75.8 Å². The van der Waals surface area contributed by atoms with Crippen LogP contribution in [0.2, 0.25) is 0 Å². The lowest BCUT2D eigenvalue weighted by Crippen LogP contribution is -2.57. The number of aliphatic hydroxyl groups is 1. The summed E-state index contributed by atoms with van der Waals surface area (Å²) in [6.07, 6.45) is 3.60. The maximum Gasteiger partial charge on any atom is 0.313 e. The number of fused-ring (bicyclic) bond motifs is 2. The van der Waals surface area contributed by atoms with Crippen LogP contribution in [-0.4, -0.2) is 102 Å². The molecule has 2 bridgehead atoms. The third kappa shape index (κ3) is 7.03. The van der Waals surface area contributed by atoms with Gasteiger partial charge in [0.1, 0.15) is 29.9 Å². The third-order valence-corrected chi connectivity index (χ3v) is 11.1. The van der Waals surface area contributed by atoms with Crippen molar-refractivity contribution in [3.05, 3.63) is 85.5 Å². The lowest BCUT2D eigenvalue weighted by Gasteiger charge is -2.37. The fraction of sp³-hybridized carbons (Fsp3) is 0.474. The number of likely N-dealkylation sites (tertiary alicyclic amines) is 1. The zero-order valence-electron chi connectivity index (χ0n) is 29.2. The van der Waals surface area contributed by atoms with Crippen LogP contribution in [0.1, 0.15) is 50.7 Å². The van der Waals surface area contributed by atoms with E-state index in [4.69, 9.17) is 9.47 Å². The van der Waals surface area contributed by atoms with Gasteiger partial charge >= 0.3 is 5.97 Å². The highest BCUT2D eigenvalue weighted by molar-refractivity contribution is 9.09. The topological polar surface area (TPSA) is 156 Å². The molecule has 8 atom stereocenters. The lowest BCUT2D eigenvalue weighted by molar-refractivity contribution is -0.162. The highest BCUT2D eigenvalue weighted by Crippen LogP contribution is 2.60. The predicted octanol–water partition coefficient (Wildman–Crippen LogP) is 3.68. The number of ether oxygens (including phenoxy) is 2. The van der Waals surface area contributed by atoms with E-state index in [1.54, 1.807) is 28.7 Å². The molecule has 6 rings (SSSR count). The summed E-state index contributed by atoms with van der Waals surface area (Å²) in [5.41, 5.74) is 0.767. The number of alkyl halides is 1. The van der Waals surface area contributed by atoms with E-state index in [1.165, 1.54) is 4.90 Å². The molecular formula is C38H45BrN6O7. The van der Waals surface area contributed by atoms with E-state index in [1.807, 2.05) is 54.6 Å². The first-order valence-corrected chi connectivity index (χ1v) is 18.6. The summed E-state index contributed by atoms with van der Waals surface area (Å²) in [5.74, 6) is -3.60. The van der Waals surface area contributed by atoms with E-state index in [-0.39, 0.29) is 55.3 Å². The fourth-order valence-electron chi connectivity index (χ4n) is 7.98. The van der Waals surface area contributed by atoms with Crippen LogP contribution in [0.4, 0.5) is 0 Å². The molecule has 3 aliphatic heterocycles. The van der Waals surface area contributed by atoms with Crippen molar-refractivity contribution < 1.29 is 33.8 Å². The van der Waals surface area contributed by atoms with E-state index in [0.717, 1.165) is 5.52 Å². The molecule has 2 N–H and O–H groups in total. The van der Waals surface area contributed by atoms with Gasteiger partial charge in [-0.15, -0.1) is 18.3 Å². The van der Waals surface area contributed by atoms with Crippen LogP contribution >= 0.6 is 15.9 Å². The molecule has 3 saturated heterocycles. The number of benzene rings is 2. The van der Waals surface area contributed by atoms with Gasteiger partial charge in [0.05, 0.1) is 29.5 Å². The number of unbranched alkanes of at least 4 members (excludes halogenated alkanes) is 1. The van der Waals surface area contributed by atoms with Crippen molar-refractivity contribution in [3.8, 4) is 0 Å². The Labute approximate surface area is 311 Å². The van der Waals surface area contributed by atoms with Crippen molar-refractivity contribution in [1.29, 1.82) is 0 Å². The molecule has 3 amide bonds. The lowest BCUT2D eigenvalue weighted by atomic mass is 9.70. The maximum absolute atomic E-state index is 14.8. The summed E-state index contributed by atoms with van der Waals surface area (Å²) in [6, 6.07) is 14.9. The van der Waals surface area contributed by atoms with Crippen LogP contribution < -0.4 is 5.32 Å². The maximum atomic E-state index is 14.8. The molecule has 52 heavy (non-hydrogen) atoms. The monoisotopic (exact) mass is 776 g/mol. The number of amides is 3. The average Bonchev–Trinajstić information content (AvgIpc) is 3.86. The van der Waals surface area contributed by atoms with Gasteiger partial charge in [-0.25, -0.2) is 4.68 Å². The molecule has 3 aliphatic rings. The summed E-state index contributed by atoms with van der Waals surface area (Å²) >= 11 is 3.73. The molecule has 2 aromatic carbocycles. The standard InChI is InChI=1S/C38H45BrN6O7/c1-4-6-18-29(47)40-24(3)32(25-14-8-7-9-15-25)51-37(50)30-31-35(48)44(20-12-13-21-46)34(38(31)22-26(39)33(30)52-38)36(49)43(19-5-2)23-45-28-17-11-10-16-27(28)41-42-45/h4-5,7-11,14-17,24,26,30-34,46H,1-2,6,12-13,18-23H2,3H3,(H,40,47)/t24-,26?,30+,31-,32-,33+,34+,38-/m0/s1. The number of allylic oxidation sites excluding steroid dienone is 1. The Kier molecular flexibility index (Phi) is 11.6. The van der Waals surface area contributed by atoms with Gasteiger partial charge in [-0.2, -0.15) is 0 Å². The van der Waals surface area contributed by atoms with Gasteiger partial charge in [0.25, 0.3) is 0 Å². The predicted molar refractivity (Wildman–Crippen MR) is 195 cm³/mol. The van der Waals surface area contributed by atoms with Crippen LogP contribution in [0.3, 0.4) is 0 Å². The summed E-state index contributed by atoms with van der Waals surface area (Å²) in [5, 5.41) is 21.0. The van der Waals surface area contributed by atoms with Crippen LogP contribution in [0.25, 0.3) is 11.0 Å². The second kappa shape index (κ2) is 16.1. The van der Waals surface area contributed by atoms with Gasteiger partial charge < -0.3 is 29.7 Å². The molecule has 0 saturated carbocycles. The van der Waals surface area contributed by atoms with Crippen molar-refractivity contribution in [2.75, 3.05) is 19.7 Å². The van der Waals surface area contributed by atoms with E-state index in [0.29, 0.717) is 36.8 Å². The van der Waals surface area contributed by atoms with Crippen LogP contribution in [0, 0.1) is 11.8 Å². The van der Waals surface area contributed by atoms with Gasteiger partial charge in [0.2, 0.25) is 17.7 Å². The highest BCUT2D eigenvalue weighted by atomic mass is 79.9. The van der Waals surface area contributed by atoms with Crippen molar-refractivity contribution in [1.82, 2.24) is 30.1 Å². The molecule has 4 heterocycles. The number of aromatic nitrogens is 3. The first-order valence-electron chi connectivity index (χ1n) is 17.7. The number of carbonyl (C=O) groups is 4. The minimum absolute atomic E-state index is 0.0447. The molecule has 276 valence electrons. The number of carbonyl (C=O) groups excluding carboxylic acids is 4. The fourth-order valence-corrected chi connectivity index (χ4v) is 8.93. The number of hydrogen-bond donors (Lipinski definition) is 2. The van der Waals surface area contributed by atoms with E-state index in [9.17, 15) is 24.3 Å². The molecule has 1 spiro atoms. The summed E-state index contributed by atoms with van der Waals surface area (Å²) in [6.45, 7) is 9.65. The summed E-state index contributed by atoms with van der Waals surface area (Å²) in [4.78, 5) is 59.3. The molecule has 13 nitrogen and oxygen atoms in total. The van der Waals surface area contributed by atoms with E-state index < -0.39 is 47.7 Å². The Balaban J connectivity index is 1.32. The van der Waals surface area contributed by atoms with Gasteiger partial charge in [0.15, 0.2) is 0 Å². The Bertz CT molecular complexity index is 1800. The molecule has 14 heteroatoms. The molecule has 1 unspecified atom stereocenters. The Morgan fingerprint density at radius 2 is 1.90 bits per heavy atom. The number of nitrogens with zero attached hydrogens (tertiary/aromatic N) is 5. The zero-order chi connectivity index (χ0) is 37.0. The second-order valence-electron chi connectivity index (χ2n) is 13.6. The van der Waals surface area contributed by atoms with Gasteiger partial charge in [-0.3, -0.25) is 19.2 Å². The van der Waals surface area contributed by atoms with Crippen molar-refractivity contribution in [2.45, 2.75) is 80.4 Å². The number of halogens is 1. The van der Waals surface area contributed by atoms with Crippen molar-refractivity contribution in [3.63, 3.8) is 0 Å². The Morgan fingerprint density at radius 3 is 2.63 bits per heavy atom. The van der Waals surface area contributed by atoms with Crippen LogP contribution in [0.5, 0.6) is 0 Å². The minimum atomic E-state index is -1.33. The second-order valence-corrected chi connectivity index (χ2v) is 14.8. The SMILES string of the molecule is C=CCCC(=O)N[C@@H](C)[C@H](OC(=O)[C@H]1[C@@H]2O[C@@]3(CC2Br)[C@@H]1C(=O)N(CCCCO)[C@@H]3C(=O)N(CC=C)Cn1nnc2ccccc21)c1ccccc1. The smallest absolute Gasteiger partial charge is 0.313 e. The van der Waals surface area contributed by atoms with Crippen molar-refractivity contribution >= 4 is 50.7 Å². The molecule has 0 aliphatic carbocycles. The van der Waals surface area contributed by atoms with Crippen molar-refractivity contribution in [2.24, 2.45) is 11.8 Å². The molecular weight excluding hydrogens is 732 g/mol. The average molecular weight is 778 g/mol. The first kappa shape index (κ1) is 37.4. The number of para-hydroxylation sites is 1. The van der Waals surface area contributed by atoms with Crippen LogP contribution in [0.15, 0.2) is 79.9 Å². The molecule has 1 aromatic heterocycles. The minimum Gasteiger partial charge on any atom is -0.455 e. The third-order valence-electron chi connectivity index (χ3n) is 10.3. The van der Waals surface area contributed by atoms with E-state index >= 15 is 0 Å².